The van der Waals surface area contributed by atoms with Gasteiger partial charge in [-0.3, -0.25) is 44.2 Å². The molecule has 55 heavy (non-hydrogen) atoms. The summed E-state index contributed by atoms with van der Waals surface area (Å²) in [6, 6.07) is 9.55. The molecule has 4 aliphatic rings. The Morgan fingerprint density at radius 2 is 1.78 bits per heavy atom. The first-order valence-electron chi connectivity index (χ1n) is 18.7. The lowest BCUT2D eigenvalue weighted by molar-refractivity contribution is -0.137. The quantitative estimate of drug-likeness (QED) is 0.216. The summed E-state index contributed by atoms with van der Waals surface area (Å²) in [5, 5.41) is 19.9. The summed E-state index contributed by atoms with van der Waals surface area (Å²) in [6.45, 7) is 11.0. The van der Waals surface area contributed by atoms with Crippen LogP contribution in [-0.4, -0.2) is 98.4 Å². The third kappa shape index (κ3) is 7.31. The Bertz CT molecular complexity index is 2180. The fraction of sp³-hybridized carbons (Fsp3) is 0.436. The molecule has 16 heteroatoms. The second-order valence-electron chi connectivity index (χ2n) is 14.8. The molecule has 2 unspecified atom stereocenters. The third-order valence-electron chi connectivity index (χ3n) is 11.3. The summed E-state index contributed by atoms with van der Waals surface area (Å²) in [4.78, 5) is 57.7. The molecular weight excluding hydrogens is 745 g/mol. The number of piperidine rings is 1. The SMILES string of the molecule is Cc1sc2c(c1C)[C@H](c1ccc(Cl)cc1)NC(CC(=O)NCCN1CCN(Cc3cc4c(cc3F)C(=O)N(C3CCC(=O)NC3=O)C4)CC1)c1nnc(C)n1-2. The lowest BCUT2D eigenvalue weighted by Crippen LogP contribution is -2.52. The summed E-state index contributed by atoms with van der Waals surface area (Å²) in [7, 11) is 0. The first-order chi connectivity index (χ1) is 26.4. The predicted molar refractivity (Wildman–Crippen MR) is 204 cm³/mol. The number of carbonyl (C=O) groups is 4. The fourth-order valence-electron chi connectivity index (χ4n) is 8.20. The Balaban J connectivity index is 0.852. The molecule has 6 heterocycles. The lowest BCUT2D eigenvalue weighted by Gasteiger charge is -2.34. The minimum atomic E-state index is -0.739. The average molecular weight is 788 g/mol. The number of halogens is 2. The van der Waals surface area contributed by atoms with Crippen molar-refractivity contribution in [2.24, 2.45) is 0 Å². The van der Waals surface area contributed by atoms with Crippen LogP contribution in [0.5, 0.6) is 0 Å². The maximum absolute atomic E-state index is 15.3. The third-order valence-corrected chi connectivity index (χ3v) is 12.8. The number of aromatic nitrogens is 3. The van der Waals surface area contributed by atoms with E-state index in [9.17, 15) is 19.2 Å². The van der Waals surface area contributed by atoms with Crippen LogP contribution in [0.3, 0.4) is 0 Å². The van der Waals surface area contributed by atoms with Crippen LogP contribution in [0.4, 0.5) is 4.39 Å². The Kier molecular flexibility index (Phi) is 10.3. The molecule has 3 N–H and O–H groups in total. The van der Waals surface area contributed by atoms with E-state index in [1.54, 1.807) is 17.4 Å². The molecule has 2 aromatic carbocycles. The number of aryl methyl sites for hydroxylation is 2. The number of nitrogens with zero attached hydrogens (tertiary/aromatic N) is 6. The van der Waals surface area contributed by atoms with Crippen molar-refractivity contribution in [1.29, 1.82) is 0 Å². The lowest BCUT2D eigenvalue weighted by atomic mass is 9.96. The van der Waals surface area contributed by atoms with Gasteiger partial charge in [-0.05, 0) is 68.1 Å². The predicted octanol–water partition coefficient (Wildman–Crippen LogP) is 3.87. The van der Waals surface area contributed by atoms with Gasteiger partial charge in [-0.25, -0.2) is 4.39 Å². The van der Waals surface area contributed by atoms with Crippen LogP contribution in [-0.2, 0) is 27.5 Å². The molecule has 2 aromatic heterocycles. The minimum absolute atomic E-state index is 0.0851. The van der Waals surface area contributed by atoms with Crippen molar-refractivity contribution in [1.82, 2.24) is 45.4 Å². The molecule has 288 valence electrons. The molecule has 3 atom stereocenters. The Labute approximate surface area is 327 Å². The Hall–Kier alpha value is -4.54. The highest BCUT2D eigenvalue weighted by atomic mass is 35.5. The van der Waals surface area contributed by atoms with Crippen molar-refractivity contribution < 1.29 is 23.6 Å². The molecule has 0 bridgehead atoms. The number of hydrogen-bond donors (Lipinski definition) is 3. The summed E-state index contributed by atoms with van der Waals surface area (Å²) in [5.41, 5.74) is 4.88. The van der Waals surface area contributed by atoms with Gasteiger partial charge in [0.2, 0.25) is 17.7 Å². The minimum Gasteiger partial charge on any atom is -0.355 e. The number of piperazine rings is 1. The number of nitrogens with one attached hydrogen (secondary N) is 3. The van der Waals surface area contributed by atoms with Gasteiger partial charge < -0.3 is 10.2 Å². The van der Waals surface area contributed by atoms with Crippen molar-refractivity contribution in [3.63, 3.8) is 0 Å². The normalized spacial score (nSPS) is 21.6. The first kappa shape index (κ1) is 37.4. The van der Waals surface area contributed by atoms with E-state index in [0.717, 1.165) is 48.1 Å². The highest BCUT2D eigenvalue weighted by Crippen LogP contribution is 2.43. The van der Waals surface area contributed by atoms with Crippen LogP contribution in [0, 0.1) is 26.6 Å². The molecule has 4 aromatic rings. The molecule has 0 spiro atoms. The molecule has 0 saturated carbocycles. The van der Waals surface area contributed by atoms with E-state index in [1.807, 2.05) is 31.2 Å². The van der Waals surface area contributed by atoms with E-state index < -0.39 is 17.8 Å². The van der Waals surface area contributed by atoms with Gasteiger partial charge in [0.25, 0.3) is 5.91 Å². The monoisotopic (exact) mass is 787 g/mol. The van der Waals surface area contributed by atoms with Gasteiger partial charge in [0.05, 0.1) is 12.1 Å². The van der Waals surface area contributed by atoms with Crippen molar-refractivity contribution in [2.45, 2.75) is 71.2 Å². The van der Waals surface area contributed by atoms with Crippen LogP contribution in [0.15, 0.2) is 36.4 Å². The molecule has 2 fully saturated rings. The van der Waals surface area contributed by atoms with E-state index in [2.05, 4.69) is 54.4 Å². The molecule has 13 nitrogen and oxygen atoms in total. The fourth-order valence-corrected chi connectivity index (χ4v) is 9.58. The maximum atomic E-state index is 15.3. The topological polar surface area (TPSA) is 145 Å². The molecule has 8 rings (SSSR count). The number of thiophene rings is 1. The van der Waals surface area contributed by atoms with Crippen molar-refractivity contribution in [3.8, 4) is 5.00 Å². The second kappa shape index (κ2) is 15.2. The first-order valence-corrected chi connectivity index (χ1v) is 19.9. The molecule has 4 aliphatic heterocycles. The second-order valence-corrected chi connectivity index (χ2v) is 16.5. The number of imide groups is 1. The van der Waals surface area contributed by atoms with Crippen LogP contribution in [0.1, 0.15) is 86.0 Å². The average Bonchev–Trinajstić information content (AvgIpc) is 3.76. The number of benzene rings is 2. The highest BCUT2D eigenvalue weighted by molar-refractivity contribution is 7.14. The summed E-state index contributed by atoms with van der Waals surface area (Å²) in [6.07, 6.45) is 0.614. The van der Waals surface area contributed by atoms with Gasteiger partial charge in [-0.2, -0.15) is 0 Å². The van der Waals surface area contributed by atoms with E-state index in [1.165, 1.54) is 21.4 Å². The van der Waals surface area contributed by atoms with Crippen molar-refractivity contribution in [3.05, 3.63) is 97.1 Å². The number of amides is 4. The van der Waals surface area contributed by atoms with E-state index in [-0.39, 0.29) is 61.2 Å². The van der Waals surface area contributed by atoms with Gasteiger partial charge in [-0.1, -0.05) is 23.7 Å². The number of hydrogen-bond acceptors (Lipinski definition) is 10. The molecule has 2 saturated heterocycles. The molecule has 4 amide bonds. The maximum Gasteiger partial charge on any atom is 0.255 e. The molecule has 0 aliphatic carbocycles. The zero-order valence-corrected chi connectivity index (χ0v) is 32.5. The van der Waals surface area contributed by atoms with Gasteiger partial charge in [0, 0.05) is 91.8 Å². The van der Waals surface area contributed by atoms with Gasteiger partial charge in [-0.15, -0.1) is 21.5 Å². The summed E-state index contributed by atoms with van der Waals surface area (Å²) < 4.78 is 17.4. The van der Waals surface area contributed by atoms with Crippen LogP contribution < -0.4 is 16.0 Å². The highest BCUT2D eigenvalue weighted by Gasteiger charge is 2.40. The number of fused-ring (bicyclic) bond motifs is 4. The van der Waals surface area contributed by atoms with Crippen molar-refractivity contribution >= 4 is 46.6 Å². The summed E-state index contributed by atoms with van der Waals surface area (Å²) >= 11 is 7.96. The zero-order chi connectivity index (χ0) is 38.5. The number of rotatable bonds is 9. The summed E-state index contributed by atoms with van der Waals surface area (Å²) in [5.74, 6) is -0.271. The Morgan fingerprint density at radius 1 is 1.04 bits per heavy atom. The van der Waals surface area contributed by atoms with Crippen molar-refractivity contribution in [2.75, 3.05) is 39.3 Å². The largest absolute Gasteiger partial charge is 0.355 e. The molecular formula is C39H43ClFN9O4S. The van der Waals surface area contributed by atoms with Crippen LogP contribution in [0.2, 0.25) is 5.02 Å². The smallest absolute Gasteiger partial charge is 0.255 e. The van der Waals surface area contributed by atoms with Gasteiger partial charge in [0.1, 0.15) is 22.7 Å². The van der Waals surface area contributed by atoms with Gasteiger partial charge in [0.15, 0.2) is 5.82 Å². The van der Waals surface area contributed by atoms with E-state index in [4.69, 9.17) is 11.6 Å². The van der Waals surface area contributed by atoms with Gasteiger partial charge >= 0.3 is 0 Å². The molecule has 0 radical (unpaired) electrons. The number of carbonyl (C=O) groups excluding carboxylic acids is 4. The van der Waals surface area contributed by atoms with E-state index in [0.29, 0.717) is 41.6 Å². The standard InChI is InChI=1S/C39H43ClFN9O4S/c1-21-22(2)55-39-34(21)35(24-4-6-27(40)7-5-24)43-30(36-46-45-23(3)50(36)39)18-33(52)42-10-11-47-12-14-48(15-13-47)19-26-16-25-20-49(38(54)28(25)17-29(26)41)31-8-9-32(51)44-37(31)53/h4-7,16-17,30-31,35,43H,8-15,18-20H2,1-3H3,(H,42,52)(H,44,51,53)/t30?,31?,35-/m0/s1. The van der Waals surface area contributed by atoms with Crippen LogP contribution >= 0.6 is 22.9 Å². The Morgan fingerprint density at radius 3 is 2.53 bits per heavy atom. The van der Waals surface area contributed by atoms with E-state index >= 15 is 4.39 Å². The zero-order valence-electron chi connectivity index (χ0n) is 31.0. The van der Waals surface area contributed by atoms with Crippen LogP contribution in [0.25, 0.3) is 5.00 Å².